The van der Waals surface area contributed by atoms with Gasteiger partial charge in [-0.05, 0) is 55.7 Å². The minimum atomic E-state index is -0.786. The van der Waals surface area contributed by atoms with Crippen molar-refractivity contribution in [3.63, 3.8) is 0 Å². The molecule has 2 aliphatic heterocycles. The number of hydrogen-bond donors (Lipinski definition) is 3. The highest BCUT2D eigenvalue weighted by molar-refractivity contribution is 6.01. The number of nitrogens with zero attached hydrogens (tertiary/aromatic N) is 1. The zero-order valence-corrected chi connectivity index (χ0v) is 17.5. The van der Waals surface area contributed by atoms with Gasteiger partial charge in [0, 0.05) is 29.9 Å². The summed E-state index contributed by atoms with van der Waals surface area (Å²) in [7, 11) is 0. The average molecular weight is 440 g/mol. The normalized spacial score (nSPS) is 24.5. The molecule has 8 nitrogen and oxygen atoms in total. The first-order valence-corrected chi connectivity index (χ1v) is 11.0. The number of likely N-dealkylation sites (tertiary alicyclic amines) is 1. The van der Waals surface area contributed by atoms with Crippen LogP contribution in [0.3, 0.4) is 0 Å². The second-order valence-electron chi connectivity index (χ2n) is 9.30. The Morgan fingerprint density at radius 1 is 1.34 bits per heavy atom. The monoisotopic (exact) mass is 440 g/mol. The number of H-pyrrole nitrogens is 1. The molecule has 3 atom stereocenters. The summed E-state index contributed by atoms with van der Waals surface area (Å²) >= 11 is 0. The quantitative estimate of drug-likeness (QED) is 0.591. The highest BCUT2D eigenvalue weighted by Crippen LogP contribution is 2.55. The van der Waals surface area contributed by atoms with Crippen molar-refractivity contribution in [1.29, 1.82) is 0 Å². The van der Waals surface area contributed by atoms with E-state index in [1.54, 1.807) is 12.1 Å². The summed E-state index contributed by atoms with van der Waals surface area (Å²) in [4.78, 5) is 54.4. The Bertz CT molecular complexity index is 1110. The maximum absolute atomic E-state index is 14.1. The van der Waals surface area contributed by atoms with Crippen LogP contribution < -0.4 is 10.6 Å². The molecule has 1 aromatic carbocycles. The molecule has 0 radical (unpaired) electrons. The molecule has 32 heavy (non-hydrogen) atoms. The van der Waals surface area contributed by atoms with Gasteiger partial charge in [0.05, 0.1) is 6.04 Å². The fraction of sp³-hybridized carbons (Fsp3) is 0.478. The van der Waals surface area contributed by atoms with Gasteiger partial charge in [-0.15, -0.1) is 0 Å². The summed E-state index contributed by atoms with van der Waals surface area (Å²) in [5.74, 6) is -1.58. The number of aromatic amines is 1. The highest BCUT2D eigenvalue weighted by atomic mass is 19.1. The third-order valence-electron chi connectivity index (χ3n) is 7.06. The van der Waals surface area contributed by atoms with Gasteiger partial charge in [0.1, 0.15) is 23.8 Å². The number of halogens is 1. The number of carbonyl (C=O) groups is 4. The lowest BCUT2D eigenvalue weighted by atomic mass is 9.98. The van der Waals surface area contributed by atoms with Gasteiger partial charge in [0.25, 0.3) is 5.91 Å². The van der Waals surface area contributed by atoms with Gasteiger partial charge in [-0.1, -0.05) is 6.07 Å². The smallest absolute Gasteiger partial charge is 0.271 e. The highest BCUT2D eigenvalue weighted by Gasteiger charge is 2.55. The van der Waals surface area contributed by atoms with E-state index < -0.39 is 17.9 Å². The van der Waals surface area contributed by atoms with Gasteiger partial charge in [-0.2, -0.15) is 0 Å². The standard InChI is InChI=1S/C23H25FN4O4/c24-16-2-1-3-17-15(16)9-18(27-17)22(32)28-12-23(5-6-23)10-19(28)21(31)26-14(11-29)8-13-4-7-25-20(13)30/h1-3,9,11,13-14,19,27H,4-8,10,12H2,(H,25,30)(H,26,31)/t13-,14-,19-/m0/s1. The number of aldehydes is 1. The zero-order valence-electron chi connectivity index (χ0n) is 17.5. The molecule has 0 unspecified atom stereocenters. The summed E-state index contributed by atoms with van der Waals surface area (Å²) < 4.78 is 14.1. The van der Waals surface area contributed by atoms with Crippen LogP contribution in [0, 0.1) is 17.2 Å². The van der Waals surface area contributed by atoms with E-state index >= 15 is 0 Å². The summed E-state index contributed by atoms with van der Waals surface area (Å²) in [6, 6.07) is 4.58. The number of amides is 3. The molecule has 9 heteroatoms. The number of carbonyl (C=O) groups excluding carboxylic acids is 4. The predicted molar refractivity (Wildman–Crippen MR) is 113 cm³/mol. The van der Waals surface area contributed by atoms with Crippen LogP contribution in [0.1, 0.15) is 42.6 Å². The van der Waals surface area contributed by atoms with E-state index in [2.05, 4.69) is 15.6 Å². The van der Waals surface area contributed by atoms with Crippen molar-refractivity contribution < 1.29 is 23.6 Å². The molecule has 5 rings (SSSR count). The topological polar surface area (TPSA) is 111 Å². The molecule has 2 saturated heterocycles. The average Bonchev–Trinajstić information content (AvgIpc) is 3.08. The van der Waals surface area contributed by atoms with Gasteiger partial charge in [-0.3, -0.25) is 14.4 Å². The van der Waals surface area contributed by atoms with E-state index in [1.165, 1.54) is 17.0 Å². The van der Waals surface area contributed by atoms with Crippen LogP contribution in [0.2, 0.25) is 0 Å². The minimum Gasteiger partial charge on any atom is -0.356 e. The number of benzene rings is 1. The number of fused-ring (bicyclic) bond motifs is 1. The first kappa shape index (κ1) is 20.7. The number of nitrogens with one attached hydrogen (secondary N) is 3. The molecule has 2 aromatic rings. The lowest BCUT2D eigenvalue weighted by Crippen LogP contribution is -2.49. The number of hydrogen-bond acceptors (Lipinski definition) is 4. The molecule has 0 bridgehead atoms. The van der Waals surface area contributed by atoms with E-state index in [-0.39, 0.29) is 41.2 Å². The molecule has 1 aromatic heterocycles. The molecule has 1 aliphatic carbocycles. The molecule has 1 spiro atoms. The number of aromatic nitrogens is 1. The minimum absolute atomic E-state index is 0.0586. The predicted octanol–water partition coefficient (Wildman–Crippen LogP) is 1.51. The van der Waals surface area contributed by atoms with Crippen LogP contribution in [-0.2, 0) is 14.4 Å². The van der Waals surface area contributed by atoms with Crippen LogP contribution in [0.25, 0.3) is 10.9 Å². The van der Waals surface area contributed by atoms with Gasteiger partial charge < -0.3 is 25.3 Å². The second-order valence-corrected chi connectivity index (χ2v) is 9.30. The van der Waals surface area contributed by atoms with E-state index in [1.807, 2.05) is 0 Å². The summed E-state index contributed by atoms with van der Waals surface area (Å²) in [5, 5.41) is 5.80. The summed E-state index contributed by atoms with van der Waals surface area (Å²) in [5.41, 5.74) is 0.692. The summed E-state index contributed by atoms with van der Waals surface area (Å²) in [6.45, 7) is 1.03. The van der Waals surface area contributed by atoms with E-state index in [9.17, 15) is 23.6 Å². The van der Waals surface area contributed by atoms with Crippen LogP contribution >= 0.6 is 0 Å². The molecule has 3 fully saturated rings. The van der Waals surface area contributed by atoms with Gasteiger partial charge in [0.2, 0.25) is 11.8 Å². The van der Waals surface area contributed by atoms with Crippen molar-refractivity contribution in [1.82, 2.24) is 20.5 Å². The summed E-state index contributed by atoms with van der Waals surface area (Å²) in [6.07, 6.45) is 3.95. The Hall–Kier alpha value is -3.23. The van der Waals surface area contributed by atoms with Gasteiger partial charge in [-0.25, -0.2) is 4.39 Å². The SMILES string of the molecule is O=C[C@H](C[C@@H]1CCNC1=O)NC(=O)[C@@H]1CC2(CC2)CN1C(=O)c1cc2c(F)cccc2[nH]1. The van der Waals surface area contributed by atoms with Gasteiger partial charge >= 0.3 is 0 Å². The third kappa shape index (κ3) is 3.65. The first-order chi connectivity index (χ1) is 15.4. The third-order valence-corrected chi connectivity index (χ3v) is 7.06. The molecule has 3 heterocycles. The Kier molecular flexibility index (Phi) is 4.98. The van der Waals surface area contributed by atoms with E-state index in [4.69, 9.17) is 0 Å². The maximum Gasteiger partial charge on any atom is 0.271 e. The van der Waals surface area contributed by atoms with Crippen molar-refractivity contribution >= 4 is 34.9 Å². The largest absolute Gasteiger partial charge is 0.356 e. The fourth-order valence-electron chi connectivity index (χ4n) is 5.04. The molecular weight excluding hydrogens is 415 g/mol. The van der Waals surface area contributed by atoms with Crippen LogP contribution in [-0.4, -0.2) is 59.1 Å². The van der Waals surface area contributed by atoms with Crippen LogP contribution in [0.5, 0.6) is 0 Å². The Balaban J connectivity index is 1.34. The van der Waals surface area contributed by atoms with Crippen molar-refractivity contribution in [3.05, 3.63) is 35.8 Å². The van der Waals surface area contributed by atoms with E-state index in [0.29, 0.717) is 43.1 Å². The van der Waals surface area contributed by atoms with Crippen LogP contribution in [0.4, 0.5) is 4.39 Å². The Morgan fingerprint density at radius 3 is 2.81 bits per heavy atom. The molecular formula is C23H25FN4O4. The van der Waals surface area contributed by atoms with E-state index in [0.717, 1.165) is 12.8 Å². The molecule has 3 N–H and O–H groups in total. The van der Waals surface area contributed by atoms with Crippen molar-refractivity contribution in [2.45, 2.75) is 44.2 Å². The number of rotatable bonds is 6. The molecule has 3 amide bonds. The second kappa shape index (κ2) is 7.72. The lowest BCUT2D eigenvalue weighted by molar-refractivity contribution is -0.128. The molecule has 1 saturated carbocycles. The Labute approximate surface area is 183 Å². The Morgan fingerprint density at radius 2 is 2.16 bits per heavy atom. The maximum atomic E-state index is 14.1. The molecule has 3 aliphatic rings. The van der Waals surface area contributed by atoms with Crippen molar-refractivity contribution in [2.75, 3.05) is 13.1 Å². The van der Waals surface area contributed by atoms with Crippen LogP contribution in [0.15, 0.2) is 24.3 Å². The molecule has 168 valence electrons. The first-order valence-electron chi connectivity index (χ1n) is 11.0. The van der Waals surface area contributed by atoms with Gasteiger partial charge in [0.15, 0.2) is 0 Å². The van der Waals surface area contributed by atoms with Crippen molar-refractivity contribution in [2.24, 2.45) is 11.3 Å². The van der Waals surface area contributed by atoms with Crippen molar-refractivity contribution in [3.8, 4) is 0 Å². The zero-order chi connectivity index (χ0) is 22.5. The fourth-order valence-corrected chi connectivity index (χ4v) is 5.04. The lowest BCUT2D eigenvalue weighted by Gasteiger charge is -2.25.